The molecule has 1 rings (SSSR count). The van der Waals surface area contributed by atoms with Crippen molar-refractivity contribution in [3.05, 3.63) is 28.8 Å². The zero-order valence-corrected chi connectivity index (χ0v) is 6.97. The van der Waals surface area contributed by atoms with Crippen molar-refractivity contribution in [3.63, 3.8) is 0 Å². The molecule has 3 heteroatoms. The van der Waals surface area contributed by atoms with Crippen LogP contribution in [0.4, 0.5) is 0 Å². The molecule has 3 N–H and O–H groups in total. The van der Waals surface area contributed by atoms with E-state index in [0.717, 1.165) is 5.56 Å². The first kappa shape index (κ1) is 8.37. The highest BCUT2D eigenvalue weighted by atomic mass is 35.5. The fraction of sp³-hybridized carbons (Fsp3) is 0.250. The van der Waals surface area contributed by atoms with Crippen LogP contribution in [-0.4, -0.2) is 5.11 Å². The topological polar surface area (TPSA) is 46.2 Å². The minimum Gasteiger partial charge on any atom is -0.506 e. The number of nitrogens with two attached hydrogens (primary N) is 1. The molecule has 0 aliphatic carbocycles. The number of benzene rings is 1. The quantitative estimate of drug-likeness (QED) is 0.680. The number of phenolic OH excluding ortho intramolecular Hbond substituents is 1. The third-order valence-electron chi connectivity index (χ3n) is 1.50. The Hall–Kier alpha value is -0.730. The Morgan fingerprint density at radius 3 is 2.64 bits per heavy atom. The van der Waals surface area contributed by atoms with Gasteiger partial charge < -0.3 is 10.8 Å². The Balaban J connectivity index is 3.05. The summed E-state index contributed by atoms with van der Waals surface area (Å²) in [4.78, 5) is 0. The molecule has 0 radical (unpaired) electrons. The minimum absolute atomic E-state index is 0.0481. The third-order valence-corrected chi connectivity index (χ3v) is 1.80. The summed E-state index contributed by atoms with van der Waals surface area (Å²) < 4.78 is 0. The minimum atomic E-state index is -0.0481. The molecular formula is C8H10ClNO. The largest absolute Gasteiger partial charge is 0.506 e. The van der Waals surface area contributed by atoms with E-state index >= 15 is 0 Å². The monoisotopic (exact) mass is 171 g/mol. The van der Waals surface area contributed by atoms with Crippen molar-refractivity contribution < 1.29 is 5.11 Å². The molecule has 2 nitrogen and oxygen atoms in total. The summed E-state index contributed by atoms with van der Waals surface area (Å²) in [6, 6.07) is 4.92. The predicted octanol–water partition coefficient (Wildman–Crippen LogP) is 2.07. The predicted molar refractivity (Wildman–Crippen MR) is 45.7 cm³/mol. The molecule has 60 valence electrons. The Morgan fingerprint density at radius 2 is 2.18 bits per heavy atom. The number of phenols is 1. The summed E-state index contributed by atoms with van der Waals surface area (Å²) in [6.07, 6.45) is 0. The van der Waals surface area contributed by atoms with Crippen LogP contribution in [0.3, 0.4) is 0 Å². The van der Waals surface area contributed by atoms with Gasteiger partial charge in [0.15, 0.2) is 0 Å². The molecule has 1 aromatic rings. The van der Waals surface area contributed by atoms with Gasteiger partial charge in [0.2, 0.25) is 0 Å². The highest BCUT2D eigenvalue weighted by Crippen LogP contribution is 2.25. The van der Waals surface area contributed by atoms with E-state index in [9.17, 15) is 0 Å². The lowest BCUT2D eigenvalue weighted by Gasteiger charge is -2.05. The summed E-state index contributed by atoms with van der Waals surface area (Å²) in [7, 11) is 0. The van der Waals surface area contributed by atoms with Gasteiger partial charge in [-0.3, -0.25) is 0 Å². The van der Waals surface area contributed by atoms with Gasteiger partial charge in [-0.2, -0.15) is 0 Å². The van der Waals surface area contributed by atoms with Gasteiger partial charge in [-0.05, 0) is 24.6 Å². The highest BCUT2D eigenvalue weighted by Gasteiger charge is 2.02. The number of aromatic hydroxyl groups is 1. The van der Waals surface area contributed by atoms with Crippen molar-refractivity contribution >= 4 is 11.6 Å². The zero-order chi connectivity index (χ0) is 8.43. The molecule has 0 heterocycles. The SMILES string of the molecule is C[C@H](N)c1ccc(O)c(Cl)c1. The van der Waals surface area contributed by atoms with Crippen LogP contribution in [0, 0.1) is 0 Å². The Bertz CT molecular complexity index is 260. The lowest BCUT2D eigenvalue weighted by atomic mass is 10.1. The van der Waals surface area contributed by atoms with E-state index < -0.39 is 0 Å². The van der Waals surface area contributed by atoms with E-state index in [1.807, 2.05) is 6.92 Å². The van der Waals surface area contributed by atoms with Gasteiger partial charge in [0.25, 0.3) is 0 Å². The Kier molecular flexibility index (Phi) is 2.37. The van der Waals surface area contributed by atoms with Crippen LogP contribution < -0.4 is 5.73 Å². The fourth-order valence-electron chi connectivity index (χ4n) is 0.806. The van der Waals surface area contributed by atoms with E-state index in [4.69, 9.17) is 22.4 Å². The Morgan fingerprint density at radius 1 is 1.55 bits per heavy atom. The van der Waals surface area contributed by atoms with Gasteiger partial charge in [-0.25, -0.2) is 0 Å². The van der Waals surface area contributed by atoms with Gasteiger partial charge in [0, 0.05) is 6.04 Å². The van der Waals surface area contributed by atoms with Crippen molar-refractivity contribution in [2.75, 3.05) is 0 Å². The molecule has 0 fully saturated rings. The average Bonchev–Trinajstić information content (AvgIpc) is 1.94. The van der Waals surface area contributed by atoms with Gasteiger partial charge in [0.05, 0.1) is 5.02 Å². The Labute approximate surface area is 70.6 Å². The van der Waals surface area contributed by atoms with Crippen LogP contribution in [0.2, 0.25) is 5.02 Å². The van der Waals surface area contributed by atoms with Gasteiger partial charge >= 0.3 is 0 Å². The van der Waals surface area contributed by atoms with Crippen LogP contribution in [0.5, 0.6) is 5.75 Å². The van der Waals surface area contributed by atoms with Gasteiger partial charge in [-0.15, -0.1) is 0 Å². The second-order valence-electron chi connectivity index (χ2n) is 2.50. The molecular weight excluding hydrogens is 162 g/mol. The van der Waals surface area contributed by atoms with Crippen LogP contribution in [0.25, 0.3) is 0 Å². The van der Waals surface area contributed by atoms with Crippen molar-refractivity contribution in [2.24, 2.45) is 5.73 Å². The maximum atomic E-state index is 9.05. The van der Waals surface area contributed by atoms with E-state index in [1.54, 1.807) is 18.2 Å². The van der Waals surface area contributed by atoms with Crippen molar-refractivity contribution in [2.45, 2.75) is 13.0 Å². The first-order valence-electron chi connectivity index (χ1n) is 3.35. The summed E-state index contributed by atoms with van der Waals surface area (Å²) in [5.74, 6) is 0.0936. The summed E-state index contributed by atoms with van der Waals surface area (Å²) >= 11 is 5.65. The molecule has 0 saturated carbocycles. The molecule has 1 atom stereocenters. The van der Waals surface area contributed by atoms with Crippen molar-refractivity contribution in [3.8, 4) is 5.75 Å². The lowest BCUT2D eigenvalue weighted by molar-refractivity contribution is 0.475. The van der Waals surface area contributed by atoms with Gasteiger partial charge in [-0.1, -0.05) is 17.7 Å². The molecule has 0 amide bonds. The first-order valence-corrected chi connectivity index (χ1v) is 3.73. The lowest BCUT2D eigenvalue weighted by Crippen LogP contribution is -2.04. The number of hydrogen-bond acceptors (Lipinski definition) is 2. The normalized spacial score (nSPS) is 13.0. The summed E-state index contributed by atoms with van der Waals surface area (Å²) in [6.45, 7) is 1.86. The molecule has 11 heavy (non-hydrogen) atoms. The summed E-state index contributed by atoms with van der Waals surface area (Å²) in [5.41, 5.74) is 6.52. The highest BCUT2D eigenvalue weighted by molar-refractivity contribution is 6.32. The van der Waals surface area contributed by atoms with Crippen LogP contribution >= 0.6 is 11.6 Å². The standard InChI is InChI=1S/C8H10ClNO/c1-5(10)6-2-3-8(11)7(9)4-6/h2-5,11H,10H2,1H3/t5-/m0/s1. The van der Waals surface area contributed by atoms with Crippen LogP contribution in [0.1, 0.15) is 18.5 Å². The van der Waals surface area contributed by atoms with E-state index in [-0.39, 0.29) is 11.8 Å². The smallest absolute Gasteiger partial charge is 0.134 e. The van der Waals surface area contributed by atoms with Crippen molar-refractivity contribution in [1.29, 1.82) is 0 Å². The molecule has 0 bridgehead atoms. The fourth-order valence-corrected chi connectivity index (χ4v) is 0.995. The third kappa shape index (κ3) is 1.85. The molecule has 0 saturated heterocycles. The van der Waals surface area contributed by atoms with E-state index in [0.29, 0.717) is 5.02 Å². The molecule has 0 aliphatic rings. The van der Waals surface area contributed by atoms with E-state index in [1.165, 1.54) is 0 Å². The second kappa shape index (κ2) is 3.11. The number of hydrogen-bond donors (Lipinski definition) is 2. The number of rotatable bonds is 1. The molecule has 1 aromatic carbocycles. The molecule has 0 spiro atoms. The summed E-state index contributed by atoms with van der Waals surface area (Å²) in [5, 5.41) is 9.40. The molecule has 0 aromatic heterocycles. The van der Waals surface area contributed by atoms with Crippen LogP contribution in [-0.2, 0) is 0 Å². The first-order chi connectivity index (χ1) is 5.11. The van der Waals surface area contributed by atoms with Gasteiger partial charge in [0.1, 0.15) is 5.75 Å². The van der Waals surface area contributed by atoms with E-state index in [2.05, 4.69) is 0 Å². The maximum absolute atomic E-state index is 9.05. The zero-order valence-electron chi connectivity index (χ0n) is 6.21. The average molecular weight is 172 g/mol. The van der Waals surface area contributed by atoms with Crippen LogP contribution in [0.15, 0.2) is 18.2 Å². The van der Waals surface area contributed by atoms with Crippen molar-refractivity contribution in [1.82, 2.24) is 0 Å². The number of halogens is 1. The molecule has 0 aliphatic heterocycles. The maximum Gasteiger partial charge on any atom is 0.134 e. The second-order valence-corrected chi connectivity index (χ2v) is 2.91. The molecule has 0 unspecified atom stereocenters.